The smallest absolute Gasteiger partial charge is 0.341 e. The number of carboxylic acids is 1. The third-order valence-electron chi connectivity index (χ3n) is 6.32. The summed E-state index contributed by atoms with van der Waals surface area (Å²) in [4.78, 5) is 16.2. The maximum Gasteiger partial charge on any atom is 0.341 e. The highest BCUT2D eigenvalue weighted by Crippen LogP contribution is 2.39. The predicted octanol–water partition coefficient (Wildman–Crippen LogP) is 7.03. The molecule has 34 heavy (non-hydrogen) atoms. The van der Waals surface area contributed by atoms with Gasteiger partial charge < -0.3 is 9.84 Å². The van der Waals surface area contributed by atoms with Crippen LogP contribution < -0.4 is 4.74 Å². The quantitative estimate of drug-likeness (QED) is 0.310. The lowest BCUT2D eigenvalue weighted by Crippen LogP contribution is -2.13. The first-order valence-corrected chi connectivity index (χ1v) is 12.0. The van der Waals surface area contributed by atoms with E-state index in [0.29, 0.717) is 28.0 Å². The largest absolute Gasteiger partial charge is 0.489 e. The molecule has 4 aromatic rings. The second-order valence-electron chi connectivity index (χ2n) is 8.56. The van der Waals surface area contributed by atoms with Crippen molar-refractivity contribution in [1.29, 1.82) is 0 Å². The minimum Gasteiger partial charge on any atom is -0.489 e. The van der Waals surface area contributed by atoms with Crippen LogP contribution in [0.15, 0.2) is 54.9 Å². The molecule has 0 bridgehead atoms. The molecule has 2 heterocycles. The average molecular weight is 496 g/mol. The van der Waals surface area contributed by atoms with Gasteiger partial charge in [-0.05, 0) is 48.2 Å². The number of carboxylic acid groups (broad SMARTS) is 1. The van der Waals surface area contributed by atoms with Gasteiger partial charge in [0.25, 0.3) is 0 Å². The highest BCUT2D eigenvalue weighted by atomic mass is 35.5. The molecule has 0 amide bonds. The van der Waals surface area contributed by atoms with Gasteiger partial charge in [-0.1, -0.05) is 60.7 Å². The normalized spacial score (nSPS) is 14.4. The minimum absolute atomic E-state index is 0.113. The van der Waals surface area contributed by atoms with E-state index in [4.69, 9.17) is 27.9 Å². The molecule has 2 aromatic carbocycles. The van der Waals surface area contributed by atoms with E-state index in [0.717, 1.165) is 48.1 Å². The van der Waals surface area contributed by atoms with Crippen LogP contribution in [0, 0.1) is 0 Å². The number of ether oxygens (including phenoxy) is 1. The van der Waals surface area contributed by atoms with Crippen LogP contribution in [0.1, 0.15) is 59.6 Å². The number of aromatic carboxylic acids is 1. The summed E-state index contributed by atoms with van der Waals surface area (Å²) in [5.74, 6) is -0.0240. The first-order valence-electron chi connectivity index (χ1n) is 11.3. The molecular formula is C26H23Cl2N3O3. The van der Waals surface area contributed by atoms with Gasteiger partial charge in [-0.15, -0.1) is 0 Å². The molecule has 1 N–H and O–H groups in total. The van der Waals surface area contributed by atoms with Gasteiger partial charge in [0, 0.05) is 17.7 Å². The van der Waals surface area contributed by atoms with E-state index in [2.05, 4.69) is 10.1 Å². The van der Waals surface area contributed by atoms with E-state index < -0.39 is 5.97 Å². The number of halogens is 2. The van der Waals surface area contributed by atoms with E-state index in [1.54, 1.807) is 22.8 Å². The van der Waals surface area contributed by atoms with Crippen LogP contribution in [-0.4, -0.2) is 25.7 Å². The van der Waals surface area contributed by atoms with Crippen molar-refractivity contribution in [3.63, 3.8) is 0 Å². The van der Waals surface area contributed by atoms with Crippen molar-refractivity contribution in [1.82, 2.24) is 14.6 Å². The molecule has 6 nitrogen and oxygen atoms in total. The first kappa shape index (κ1) is 22.7. The third kappa shape index (κ3) is 4.48. The summed E-state index contributed by atoms with van der Waals surface area (Å²) in [7, 11) is 0. The van der Waals surface area contributed by atoms with Crippen molar-refractivity contribution in [2.75, 3.05) is 0 Å². The molecule has 0 unspecified atom stereocenters. The van der Waals surface area contributed by atoms with Gasteiger partial charge in [-0.25, -0.2) is 14.3 Å². The minimum atomic E-state index is -1.03. The van der Waals surface area contributed by atoms with E-state index in [-0.39, 0.29) is 11.5 Å². The van der Waals surface area contributed by atoms with Gasteiger partial charge in [0.15, 0.2) is 5.65 Å². The topological polar surface area (TPSA) is 76.7 Å². The van der Waals surface area contributed by atoms with Crippen LogP contribution in [0.4, 0.5) is 0 Å². The maximum absolute atomic E-state index is 11.7. The van der Waals surface area contributed by atoms with Crippen molar-refractivity contribution in [2.24, 2.45) is 0 Å². The molecule has 1 fully saturated rings. The summed E-state index contributed by atoms with van der Waals surface area (Å²) in [5, 5.41) is 15.0. The van der Waals surface area contributed by atoms with Gasteiger partial charge in [0.05, 0.1) is 21.9 Å². The van der Waals surface area contributed by atoms with Gasteiger partial charge in [-0.2, -0.15) is 5.10 Å². The standard InChI is InChI=1S/C26H23Cl2N3O3/c27-22-10-9-16(11-23(22)28)15-34-19-8-4-7-18(12-19)20-13-29-25-21(26(32)33)14-30-31(25)24(20)17-5-2-1-3-6-17/h4,7-14,17H,1-3,5-6,15H2,(H,32,33). The van der Waals surface area contributed by atoms with Crippen molar-refractivity contribution in [2.45, 2.75) is 44.6 Å². The number of aromatic nitrogens is 3. The van der Waals surface area contributed by atoms with Crippen LogP contribution in [0.3, 0.4) is 0 Å². The molecule has 0 saturated heterocycles. The Kier molecular flexibility index (Phi) is 6.44. The Morgan fingerprint density at radius 2 is 1.88 bits per heavy atom. The lowest BCUT2D eigenvalue weighted by molar-refractivity contribution is 0.0698. The fourth-order valence-corrected chi connectivity index (χ4v) is 4.96. The fraction of sp³-hybridized carbons (Fsp3) is 0.269. The number of rotatable bonds is 6. The number of hydrogen-bond donors (Lipinski definition) is 1. The Bertz CT molecular complexity index is 1360. The molecule has 0 radical (unpaired) electrons. The number of nitrogens with zero attached hydrogens (tertiary/aromatic N) is 3. The zero-order valence-electron chi connectivity index (χ0n) is 18.4. The Morgan fingerprint density at radius 3 is 2.65 bits per heavy atom. The predicted molar refractivity (Wildman–Crippen MR) is 132 cm³/mol. The Balaban J connectivity index is 1.52. The van der Waals surface area contributed by atoms with E-state index in [1.165, 1.54) is 12.6 Å². The van der Waals surface area contributed by atoms with Crippen LogP contribution in [0.25, 0.3) is 16.8 Å². The SMILES string of the molecule is O=C(O)c1cnn2c(C3CCCCC3)c(-c3cccc(OCc4ccc(Cl)c(Cl)c4)c3)cnc12. The number of fused-ring (bicyclic) bond motifs is 1. The summed E-state index contributed by atoms with van der Waals surface area (Å²) in [5.41, 5.74) is 4.32. The molecule has 174 valence electrons. The fourth-order valence-electron chi connectivity index (χ4n) is 4.64. The number of benzene rings is 2. The second kappa shape index (κ2) is 9.65. The molecule has 1 aliphatic rings. The van der Waals surface area contributed by atoms with Gasteiger partial charge >= 0.3 is 5.97 Å². The summed E-state index contributed by atoms with van der Waals surface area (Å²) in [6, 6.07) is 13.3. The zero-order chi connectivity index (χ0) is 23.7. The molecule has 1 saturated carbocycles. The first-order chi connectivity index (χ1) is 16.5. The van der Waals surface area contributed by atoms with Crippen LogP contribution in [0.5, 0.6) is 5.75 Å². The lowest BCUT2D eigenvalue weighted by atomic mass is 9.84. The Labute approximate surface area is 207 Å². The molecule has 2 aromatic heterocycles. The van der Waals surface area contributed by atoms with Gasteiger partial charge in [0.2, 0.25) is 0 Å². The van der Waals surface area contributed by atoms with Crippen LogP contribution in [0.2, 0.25) is 10.0 Å². The monoisotopic (exact) mass is 495 g/mol. The van der Waals surface area contributed by atoms with Crippen LogP contribution >= 0.6 is 23.2 Å². The highest BCUT2D eigenvalue weighted by molar-refractivity contribution is 6.42. The highest BCUT2D eigenvalue weighted by Gasteiger charge is 2.25. The van der Waals surface area contributed by atoms with Gasteiger partial charge in [-0.3, -0.25) is 0 Å². The summed E-state index contributed by atoms with van der Waals surface area (Å²) >= 11 is 12.1. The zero-order valence-corrected chi connectivity index (χ0v) is 19.9. The number of hydrogen-bond acceptors (Lipinski definition) is 4. The lowest BCUT2D eigenvalue weighted by Gasteiger charge is -2.25. The second-order valence-corrected chi connectivity index (χ2v) is 9.37. The Hall–Kier alpha value is -3.09. The maximum atomic E-state index is 11.7. The molecule has 8 heteroatoms. The van der Waals surface area contributed by atoms with E-state index in [1.807, 2.05) is 30.3 Å². The van der Waals surface area contributed by atoms with Gasteiger partial charge in [0.1, 0.15) is 17.9 Å². The van der Waals surface area contributed by atoms with Crippen molar-refractivity contribution >= 4 is 34.8 Å². The molecule has 5 rings (SSSR count). The average Bonchev–Trinajstić information content (AvgIpc) is 3.29. The third-order valence-corrected chi connectivity index (χ3v) is 7.06. The van der Waals surface area contributed by atoms with Crippen molar-refractivity contribution < 1.29 is 14.6 Å². The van der Waals surface area contributed by atoms with Crippen LogP contribution in [-0.2, 0) is 6.61 Å². The summed E-state index contributed by atoms with van der Waals surface area (Å²) in [6.07, 6.45) is 8.76. The molecular weight excluding hydrogens is 473 g/mol. The molecule has 0 aliphatic heterocycles. The van der Waals surface area contributed by atoms with E-state index >= 15 is 0 Å². The molecule has 0 spiro atoms. The molecule has 0 atom stereocenters. The Morgan fingerprint density at radius 1 is 1.06 bits per heavy atom. The van der Waals surface area contributed by atoms with Crippen molar-refractivity contribution in [3.8, 4) is 16.9 Å². The van der Waals surface area contributed by atoms with E-state index in [9.17, 15) is 9.90 Å². The molecule has 1 aliphatic carbocycles. The summed E-state index contributed by atoms with van der Waals surface area (Å²) in [6.45, 7) is 0.355. The number of carbonyl (C=O) groups is 1. The van der Waals surface area contributed by atoms with Crippen molar-refractivity contribution in [3.05, 3.63) is 81.7 Å². The summed E-state index contributed by atoms with van der Waals surface area (Å²) < 4.78 is 7.76.